The molecule has 98 valence electrons. The minimum Gasteiger partial charge on any atom is -0.378 e. The standard InChI is InChI=1S/C12H19F2NO2/c1-9(2)10(3)8-12(13,14)11(16)15-4-6-17-7-5-15/h9H,3-8H2,1-2H3. The van der Waals surface area contributed by atoms with Crippen molar-refractivity contribution in [3.05, 3.63) is 12.2 Å². The van der Waals surface area contributed by atoms with Gasteiger partial charge in [0, 0.05) is 19.5 Å². The Morgan fingerprint density at radius 3 is 2.41 bits per heavy atom. The fourth-order valence-electron chi connectivity index (χ4n) is 1.56. The van der Waals surface area contributed by atoms with Gasteiger partial charge in [-0.3, -0.25) is 4.79 Å². The molecule has 1 rings (SSSR count). The van der Waals surface area contributed by atoms with Crippen molar-refractivity contribution in [2.45, 2.75) is 26.2 Å². The molecule has 1 heterocycles. The van der Waals surface area contributed by atoms with Crippen molar-refractivity contribution in [2.24, 2.45) is 5.92 Å². The van der Waals surface area contributed by atoms with Crippen molar-refractivity contribution in [1.29, 1.82) is 0 Å². The number of hydrogen-bond acceptors (Lipinski definition) is 2. The van der Waals surface area contributed by atoms with Crippen LogP contribution in [0.15, 0.2) is 12.2 Å². The molecule has 5 heteroatoms. The molecule has 0 radical (unpaired) electrons. The first-order valence-corrected chi connectivity index (χ1v) is 5.77. The molecule has 0 bridgehead atoms. The number of rotatable bonds is 4. The third-order valence-corrected chi connectivity index (χ3v) is 2.88. The maximum absolute atomic E-state index is 13.7. The van der Waals surface area contributed by atoms with E-state index in [0.29, 0.717) is 18.8 Å². The molecule has 1 saturated heterocycles. The highest BCUT2D eigenvalue weighted by Gasteiger charge is 2.42. The molecule has 3 nitrogen and oxygen atoms in total. The first-order valence-electron chi connectivity index (χ1n) is 5.77. The Bertz CT molecular complexity index is 297. The molecule has 0 aromatic rings. The Morgan fingerprint density at radius 1 is 1.41 bits per heavy atom. The monoisotopic (exact) mass is 247 g/mol. The van der Waals surface area contributed by atoms with Gasteiger partial charge in [-0.2, -0.15) is 8.78 Å². The van der Waals surface area contributed by atoms with Crippen molar-refractivity contribution in [3.63, 3.8) is 0 Å². The van der Waals surface area contributed by atoms with Crippen LogP contribution in [0.2, 0.25) is 0 Å². The predicted octanol–water partition coefficient (Wildman–Crippen LogP) is 2.08. The van der Waals surface area contributed by atoms with Crippen LogP contribution in [0.25, 0.3) is 0 Å². The third-order valence-electron chi connectivity index (χ3n) is 2.88. The van der Waals surface area contributed by atoms with E-state index in [9.17, 15) is 13.6 Å². The highest BCUT2D eigenvalue weighted by molar-refractivity contribution is 5.83. The number of ether oxygens (including phenoxy) is 1. The predicted molar refractivity (Wildman–Crippen MR) is 60.9 cm³/mol. The number of hydrogen-bond donors (Lipinski definition) is 0. The molecular formula is C12H19F2NO2. The second kappa shape index (κ2) is 5.58. The van der Waals surface area contributed by atoms with Gasteiger partial charge in [0.2, 0.25) is 0 Å². The molecule has 17 heavy (non-hydrogen) atoms. The summed E-state index contributed by atoms with van der Waals surface area (Å²) in [6.07, 6.45) is -0.569. The molecule has 1 fully saturated rings. The SMILES string of the molecule is C=C(CC(F)(F)C(=O)N1CCOCC1)C(C)C. The average molecular weight is 247 g/mol. The van der Waals surface area contributed by atoms with Gasteiger partial charge in [0.1, 0.15) is 0 Å². The van der Waals surface area contributed by atoms with Gasteiger partial charge in [-0.05, 0) is 5.92 Å². The number of allylic oxidation sites excluding steroid dienone is 1. The first kappa shape index (κ1) is 14.1. The van der Waals surface area contributed by atoms with Crippen molar-refractivity contribution < 1.29 is 18.3 Å². The van der Waals surface area contributed by atoms with Crippen LogP contribution in [0.4, 0.5) is 8.78 Å². The van der Waals surface area contributed by atoms with Gasteiger partial charge in [-0.1, -0.05) is 26.0 Å². The van der Waals surface area contributed by atoms with Crippen LogP contribution in [0.5, 0.6) is 0 Å². The minimum absolute atomic E-state index is 0.0432. The van der Waals surface area contributed by atoms with Crippen molar-refractivity contribution in [3.8, 4) is 0 Å². The summed E-state index contributed by atoms with van der Waals surface area (Å²) >= 11 is 0. The Morgan fingerprint density at radius 2 is 1.94 bits per heavy atom. The van der Waals surface area contributed by atoms with E-state index in [1.54, 1.807) is 13.8 Å². The summed E-state index contributed by atoms with van der Waals surface area (Å²) in [6, 6.07) is 0. The van der Waals surface area contributed by atoms with E-state index >= 15 is 0 Å². The number of alkyl halides is 2. The van der Waals surface area contributed by atoms with Crippen LogP contribution >= 0.6 is 0 Å². The minimum atomic E-state index is -3.35. The van der Waals surface area contributed by atoms with Gasteiger partial charge in [-0.15, -0.1) is 0 Å². The van der Waals surface area contributed by atoms with Gasteiger partial charge in [-0.25, -0.2) is 0 Å². The molecule has 1 amide bonds. The highest BCUT2D eigenvalue weighted by Crippen LogP contribution is 2.28. The highest BCUT2D eigenvalue weighted by atomic mass is 19.3. The van der Waals surface area contributed by atoms with E-state index in [1.807, 2.05) is 0 Å². The molecule has 0 unspecified atom stereocenters. The molecule has 0 atom stereocenters. The molecule has 0 spiro atoms. The topological polar surface area (TPSA) is 29.5 Å². The number of morpholine rings is 1. The summed E-state index contributed by atoms with van der Waals surface area (Å²) in [4.78, 5) is 12.8. The quantitative estimate of drug-likeness (QED) is 0.712. The number of halogens is 2. The molecule has 0 aromatic carbocycles. The summed E-state index contributed by atoms with van der Waals surface area (Å²) in [7, 11) is 0. The van der Waals surface area contributed by atoms with Gasteiger partial charge in [0.25, 0.3) is 5.91 Å². The molecule has 0 aliphatic carbocycles. The Balaban J connectivity index is 2.61. The summed E-state index contributed by atoms with van der Waals surface area (Å²) < 4.78 is 32.5. The third kappa shape index (κ3) is 3.77. The second-order valence-corrected chi connectivity index (χ2v) is 4.60. The van der Waals surface area contributed by atoms with Crippen molar-refractivity contribution in [1.82, 2.24) is 4.90 Å². The Kier molecular flexibility index (Phi) is 4.62. The van der Waals surface area contributed by atoms with Crippen LogP contribution < -0.4 is 0 Å². The zero-order chi connectivity index (χ0) is 13.1. The Hall–Kier alpha value is -0.970. The molecule has 0 aromatic heterocycles. The number of carbonyl (C=O) groups excluding carboxylic acids is 1. The number of carbonyl (C=O) groups is 1. The maximum Gasteiger partial charge on any atom is 0.328 e. The Labute approximate surface area is 100 Å². The lowest BCUT2D eigenvalue weighted by Crippen LogP contribution is -2.48. The van der Waals surface area contributed by atoms with Gasteiger partial charge >= 0.3 is 5.92 Å². The largest absolute Gasteiger partial charge is 0.378 e. The molecule has 0 saturated carbocycles. The van der Waals surface area contributed by atoms with Gasteiger partial charge < -0.3 is 9.64 Å². The lowest BCUT2D eigenvalue weighted by molar-refractivity contribution is -0.161. The molecular weight excluding hydrogens is 228 g/mol. The van der Waals surface area contributed by atoms with Crippen LogP contribution in [-0.2, 0) is 9.53 Å². The summed E-state index contributed by atoms with van der Waals surface area (Å²) in [5.41, 5.74) is 0.400. The fourth-order valence-corrected chi connectivity index (χ4v) is 1.56. The smallest absolute Gasteiger partial charge is 0.328 e. The van der Waals surface area contributed by atoms with Crippen LogP contribution in [-0.4, -0.2) is 43.0 Å². The first-order chi connectivity index (χ1) is 7.84. The zero-order valence-electron chi connectivity index (χ0n) is 10.3. The second-order valence-electron chi connectivity index (χ2n) is 4.60. The van der Waals surface area contributed by atoms with E-state index in [-0.39, 0.29) is 19.0 Å². The molecule has 1 aliphatic heterocycles. The van der Waals surface area contributed by atoms with Crippen LogP contribution in [0, 0.1) is 5.92 Å². The molecule has 1 aliphatic rings. The van der Waals surface area contributed by atoms with Crippen LogP contribution in [0.3, 0.4) is 0 Å². The average Bonchev–Trinajstić information content (AvgIpc) is 2.28. The number of amides is 1. The van der Waals surface area contributed by atoms with Crippen molar-refractivity contribution in [2.75, 3.05) is 26.3 Å². The fraction of sp³-hybridized carbons (Fsp3) is 0.750. The van der Waals surface area contributed by atoms with E-state index in [4.69, 9.17) is 4.74 Å². The lowest BCUT2D eigenvalue weighted by atomic mass is 9.98. The van der Waals surface area contributed by atoms with E-state index < -0.39 is 18.3 Å². The maximum atomic E-state index is 13.7. The van der Waals surface area contributed by atoms with Crippen molar-refractivity contribution >= 4 is 5.91 Å². The van der Waals surface area contributed by atoms with E-state index in [0.717, 1.165) is 4.90 Å². The normalized spacial score (nSPS) is 17.4. The summed E-state index contributed by atoms with van der Waals surface area (Å²) in [6.45, 7) is 8.30. The van der Waals surface area contributed by atoms with Gasteiger partial charge in [0.05, 0.1) is 13.2 Å². The zero-order valence-corrected chi connectivity index (χ0v) is 10.3. The lowest BCUT2D eigenvalue weighted by Gasteiger charge is -2.30. The molecule has 0 N–H and O–H groups in total. The van der Waals surface area contributed by atoms with Gasteiger partial charge in [0.15, 0.2) is 0 Å². The van der Waals surface area contributed by atoms with E-state index in [2.05, 4.69) is 6.58 Å². The van der Waals surface area contributed by atoms with Crippen LogP contribution in [0.1, 0.15) is 20.3 Å². The number of nitrogens with zero attached hydrogens (tertiary/aromatic N) is 1. The summed E-state index contributed by atoms with van der Waals surface area (Å²) in [5.74, 6) is -4.50. The van der Waals surface area contributed by atoms with E-state index in [1.165, 1.54) is 0 Å². The summed E-state index contributed by atoms with van der Waals surface area (Å²) in [5, 5.41) is 0.